The summed E-state index contributed by atoms with van der Waals surface area (Å²) in [5, 5.41) is 2.03. The third kappa shape index (κ3) is 11.1. The largest absolute Gasteiger partial charge is 0.473 e. The van der Waals surface area contributed by atoms with E-state index in [1.54, 1.807) is 18.0 Å². The minimum absolute atomic E-state index is 0.0237. The van der Waals surface area contributed by atoms with E-state index in [-0.39, 0.29) is 29.8 Å². The molecule has 4 aromatic rings. The molecule has 43 heavy (non-hydrogen) atoms. The van der Waals surface area contributed by atoms with Gasteiger partial charge in [0.1, 0.15) is 17.5 Å². The number of rotatable bonds is 8. The van der Waals surface area contributed by atoms with Gasteiger partial charge in [-0.15, -0.1) is 11.3 Å². The van der Waals surface area contributed by atoms with Crippen LogP contribution in [0.3, 0.4) is 0 Å². The van der Waals surface area contributed by atoms with Gasteiger partial charge in [0, 0.05) is 12.3 Å². The van der Waals surface area contributed by atoms with E-state index in [0.717, 1.165) is 34.4 Å². The first-order chi connectivity index (χ1) is 20.5. The lowest BCUT2D eigenvalue weighted by Gasteiger charge is -2.18. The van der Waals surface area contributed by atoms with Crippen molar-refractivity contribution in [3.63, 3.8) is 0 Å². The molecular formula is C34H45N2O5PS. The van der Waals surface area contributed by atoms with Crippen LogP contribution in [0, 0.1) is 5.92 Å². The minimum Gasteiger partial charge on any atom is -0.473 e. The number of aromatic nitrogens is 2. The van der Waals surface area contributed by atoms with E-state index in [0.29, 0.717) is 11.6 Å². The molecule has 0 aliphatic heterocycles. The van der Waals surface area contributed by atoms with Crippen molar-refractivity contribution in [2.24, 2.45) is 5.92 Å². The highest BCUT2D eigenvalue weighted by molar-refractivity contribution is 7.59. The van der Waals surface area contributed by atoms with Crippen LogP contribution >= 0.6 is 18.7 Å². The third-order valence-corrected chi connectivity index (χ3v) is 9.99. The van der Waals surface area contributed by atoms with E-state index in [1.807, 2.05) is 114 Å². The molecule has 0 N–H and O–H groups in total. The maximum Gasteiger partial charge on any atom is 0.308 e. The van der Waals surface area contributed by atoms with Crippen LogP contribution < -0.4 is 9.26 Å². The second-order valence-electron chi connectivity index (χ2n) is 11.4. The van der Waals surface area contributed by atoms with Crippen LogP contribution in [0.1, 0.15) is 67.2 Å². The smallest absolute Gasteiger partial charge is 0.308 e. The first-order valence-corrected chi connectivity index (χ1v) is 18.0. The predicted octanol–water partition coefficient (Wildman–Crippen LogP) is 9.66. The minimum atomic E-state index is -2.49. The molecule has 2 aromatic heterocycles. The van der Waals surface area contributed by atoms with Gasteiger partial charge in [0.25, 0.3) is 0 Å². The molecule has 1 atom stereocenters. The van der Waals surface area contributed by atoms with Crippen LogP contribution in [0.15, 0.2) is 72.1 Å². The molecule has 7 nitrogen and oxygen atoms in total. The number of para-hydroxylation sites is 3. The van der Waals surface area contributed by atoms with Crippen molar-refractivity contribution in [3.8, 4) is 22.2 Å². The Morgan fingerprint density at radius 1 is 0.860 bits per heavy atom. The number of carbonyl (C=O) groups excluding carboxylic acids is 1. The van der Waals surface area contributed by atoms with Crippen molar-refractivity contribution >= 4 is 35.7 Å². The number of esters is 1. The molecule has 9 heteroatoms. The van der Waals surface area contributed by atoms with Crippen LogP contribution in [0.2, 0.25) is 0 Å². The fourth-order valence-corrected chi connectivity index (χ4v) is 5.42. The molecule has 2 aromatic carbocycles. The Morgan fingerprint density at radius 2 is 1.47 bits per heavy atom. The monoisotopic (exact) mass is 624 g/mol. The van der Waals surface area contributed by atoms with Crippen molar-refractivity contribution in [1.82, 2.24) is 9.97 Å². The van der Waals surface area contributed by atoms with Gasteiger partial charge in [-0.1, -0.05) is 64.1 Å². The topological polar surface area (TPSA) is 87.6 Å². The van der Waals surface area contributed by atoms with Gasteiger partial charge < -0.3 is 14.0 Å². The second-order valence-corrected chi connectivity index (χ2v) is 15.4. The van der Waals surface area contributed by atoms with Crippen LogP contribution in [0.25, 0.3) is 21.6 Å². The van der Waals surface area contributed by atoms with Crippen LogP contribution in [-0.4, -0.2) is 40.5 Å². The Hall–Kier alpha value is -3.22. The second kappa shape index (κ2) is 16.6. The van der Waals surface area contributed by atoms with Crippen molar-refractivity contribution in [1.29, 1.82) is 0 Å². The highest BCUT2D eigenvalue weighted by Crippen LogP contribution is 2.47. The maximum absolute atomic E-state index is 11.9. The molecule has 1 saturated carbocycles. The Balaban J connectivity index is 0.000000186. The van der Waals surface area contributed by atoms with E-state index in [4.69, 9.17) is 19.0 Å². The highest BCUT2D eigenvalue weighted by Gasteiger charge is 2.22. The summed E-state index contributed by atoms with van der Waals surface area (Å²) >= 11 is 1.64. The van der Waals surface area contributed by atoms with Crippen molar-refractivity contribution in [3.05, 3.63) is 72.1 Å². The van der Waals surface area contributed by atoms with Crippen LogP contribution in [0.5, 0.6) is 11.6 Å². The molecule has 2 heterocycles. The van der Waals surface area contributed by atoms with Gasteiger partial charge in [-0.25, -0.2) is 9.97 Å². The lowest BCUT2D eigenvalue weighted by Crippen LogP contribution is -2.18. The molecule has 1 fully saturated rings. The van der Waals surface area contributed by atoms with Gasteiger partial charge in [-0.2, -0.15) is 0 Å². The average molecular weight is 625 g/mol. The van der Waals surface area contributed by atoms with Crippen LogP contribution in [-0.2, 0) is 14.1 Å². The Morgan fingerprint density at radius 3 is 2.00 bits per heavy atom. The van der Waals surface area contributed by atoms with Crippen molar-refractivity contribution in [2.45, 2.75) is 85.1 Å². The van der Waals surface area contributed by atoms with Gasteiger partial charge in [0.15, 0.2) is 0 Å². The molecule has 232 valence electrons. The Bertz CT molecular complexity index is 1450. The van der Waals surface area contributed by atoms with Gasteiger partial charge in [-0.3, -0.25) is 9.36 Å². The SMILES string of the molecule is CC(C)C(=O)OC1CCCC1.CC(C)Oc1nc2ccccc2nc1-c1cccs1.CC(C)P(C)(=O)Oc1ccccc1. The van der Waals surface area contributed by atoms with Crippen LogP contribution in [0.4, 0.5) is 0 Å². The average Bonchev–Trinajstić information content (AvgIpc) is 3.68. The van der Waals surface area contributed by atoms with E-state index in [2.05, 4.69) is 4.98 Å². The Labute approximate surface area is 260 Å². The zero-order valence-electron chi connectivity index (χ0n) is 26.4. The molecule has 0 bridgehead atoms. The molecule has 1 aliphatic rings. The lowest BCUT2D eigenvalue weighted by atomic mass is 10.2. The fraction of sp³-hybridized carbons (Fsp3) is 0.441. The number of benzene rings is 2. The maximum atomic E-state index is 11.9. The summed E-state index contributed by atoms with van der Waals surface area (Å²) in [5.41, 5.74) is 2.63. The highest BCUT2D eigenvalue weighted by atomic mass is 32.1. The van der Waals surface area contributed by atoms with Gasteiger partial charge in [0.2, 0.25) is 13.2 Å². The summed E-state index contributed by atoms with van der Waals surface area (Å²) < 4.78 is 28.3. The van der Waals surface area contributed by atoms with Gasteiger partial charge in [0.05, 0.1) is 27.9 Å². The normalized spacial score (nSPS) is 14.5. The Kier molecular flexibility index (Phi) is 13.2. The molecule has 0 spiro atoms. The first-order valence-electron chi connectivity index (χ1n) is 15.0. The third-order valence-electron chi connectivity index (χ3n) is 6.66. The standard InChI is InChI=1S/C15H14N2OS.C10H15O2P.C9H16O2/c1-10(2)18-15-14(13-8-5-9-19-13)16-11-6-3-4-7-12(11)17-15;1-9(2)13(3,11)12-10-7-5-4-6-8-10;1-7(2)9(10)11-8-5-3-4-6-8/h3-10H,1-2H3;4-9H,1-3H3;7-8H,3-6H2,1-2H3. The lowest BCUT2D eigenvalue weighted by molar-refractivity contribution is -0.152. The summed E-state index contributed by atoms with van der Waals surface area (Å²) in [6.07, 6.45) is 4.88. The molecular weight excluding hydrogens is 579 g/mol. The van der Waals surface area contributed by atoms with E-state index < -0.39 is 7.37 Å². The quantitative estimate of drug-likeness (QED) is 0.142. The number of ether oxygens (including phenoxy) is 2. The van der Waals surface area contributed by atoms with Gasteiger partial charge in [-0.05, 0) is 75.2 Å². The van der Waals surface area contributed by atoms with Gasteiger partial charge >= 0.3 is 5.97 Å². The number of hydrogen-bond donors (Lipinski definition) is 0. The zero-order valence-corrected chi connectivity index (χ0v) is 28.1. The molecule has 0 radical (unpaired) electrons. The number of fused-ring (bicyclic) bond motifs is 1. The predicted molar refractivity (Wildman–Crippen MR) is 178 cm³/mol. The molecule has 5 rings (SSSR count). The molecule has 0 saturated heterocycles. The summed E-state index contributed by atoms with van der Waals surface area (Å²) in [7, 11) is -2.49. The fourth-order valence-electron chi connectivity index (χ4n) is 3.97. The van der Waals surface area contributed by atoms with Crippen molar-refractivity contribution < 1.29 is 23.4 Å². The number of nitrogens with zero attached hydrogens (tertiary/aromatic N) is 2. The van der Waals surface area contributed by atoms with E-state index in [1.165, 1.54) is 12.8 Å². The molecule has 0 amide bonds. The van der Waals surface area contributed by atoms with Crippen molar-refractivity contribution in [2.75, 3.05) is 6.66 Å². The summed E-state index contributed by atoms with van der Waals surface area (Å²) in [4.78, 5) is 21.4. The first kappa shape index (κ1) is 34.3. The molecule has 1 unspecified atom stereocenters. The summed E-state index contributed by atoms with van der Waals surface area (Å²) in [6.45, 7) is 13.2. The summed E-state index contributed by atoms with van der Waals surface area (Å²) in [5.74, 6) is 1.27. The number of carbonyl (C=O) groups is 1. The number of thiophene rings is 1. The van der Waals surface area contributed by atoms with E-state index >= 15 is 0 Å². The molecule has 1 aliphatic carbocycles. The zero-order chi connectivity index (χ0) is 31.4. The number of hydrogen-bond acceptors (Lipinski definition) is 8. The van der Waals surface area contributed by atoms with E-state index in [9.17, 15) is 9.36 Å². The summed E-state index contributed by atoms with van der Waals surface area (Å²) in [6, 6.07) is 21.2.